The minimum atomic E-state index is -0.00266. The molecule has 6 heteroatoms. The summed E-state index contributed by atoms with van der Waals surface area (Å²) in [5.41, 5.74) is 10.6. The Labute approximate surface area is 327 Å². The molecule has 0 atom stereocenters. The maximum Gasteiger partial charge on any atom is 0.135 e. The Bertz CT molecular complexity index is 2440. The van der Waals surface area contributed by atoms with Crippen LogP contribution in [0.5, 0.6) is 11.5 Å². The van der Waals surface area contributed by atoms with Crippen LogP contribution in [0.2, 0.25) is 0 Å². The van der Waals surface area contributed by atoms with Crippen molar-refractivity contribution in [2.24, 2.45) is 0 Å². The van der Waals surface area contributed by atoms with Crippen molar-refractivity contribution in [3.05, 3.63) is 151 Å². The largest absolute Gasteiger partial charge is 0.509 e. The fourth-order valence-electron chi connectivity index (χ4n) is 8.23. The normalized spacial score (nSPS) is 14.8. The summed E-state index contributed by atoms with van der Waals surface area (Å²) in [5, 5.41) is 2.26. The molecule has 1 fully saturated rings. The van der Waals surface area contributed by atoms with Gasteiger partial charge in [0.1, 0.15) is 5.82 Å². The average molecular weight is 875 g/mol. The number of anilines is 4. The molecule has 1 aliphatic carbocycles. The Hall–Kier alpha value is -4.86. The summed E-state index contributed by atoms with van der Waals surface area (Å²) < 4.78 is 8.77. The maximum atomic E-state index is 6.57. The summed E-state index contributed by atoms with van der Waals surface area (Å²) in [6, 6.07) is 45.6. The molecule has 1 saturated carbocycles. The number of rotatable bonds is 6. The van der Waals surface area contributed by atoms with Crippen LogP contribution < -0.4 is 14.5 Å². The zero-order valence-electron chi connectivity index (χ0n) is 30.7. The van der Waals surface area contributed by atoms with E-state index in [1.807, 2.05) is 24.4 Å². The molecule has 3 heterocycles. The molecule has 0 amide bonds. The Balaban J connectivity index is 0.00000400. The number of nitrogens with zero attached hydrogens (tertiary/aromatic N) is 4. The molecular weight excluding hydrogens is 832 g/mol. The number of pyridine rings is 1. The van der Waals surface area contributed by atoms with Gasteiger partial charge in [0.15, 0.2) is 0 Å². The Morgan fingerprint density at radius 2 is 1.43 bits per heavy atom. The van der Waals surface area contributed by atoms with E-state index in [1.54, 1.807) is 0 Å². The second-order valence-corrected chi connectivity index (χ2v) is 15.3. The van der Waals surface area contributed by atoms with Crippen molar-refractivity contribution in [1.29, 1.82) is 0 Å². The first-order valence-corrected chi connectivity index (χ1v) is 18.6. The number of para-hydroxylation sites is 3. The molecule has 0 spiro atoms. The molecule has 0 bridgehead atoms. The first kappa shape index (κ1) is 35.2. The number of benzene rings is 5. The zero-order valence-corrected chi connectivity index (χ0v) is 32.9. The number of aryl methyl sites for hydroxylation is 1. The number of fused-ring (bicyclic) bond motifs is 4. The van der Waals surface area contributed by atoms with Crippen LogP contribution in [0.3, 0.4) is 0 Å². The Morgan fingerprint density at radius 1 is 0.717 bits per heavy atom. The van der Waals surface area contributed by atoms with Gasteiger partial charge in [-0.05, 0) is 89.6 Å². The van der Waals surface area contributed by atoms with Crippen molar-refractivity contribution >= 4 is 44.6 Å². The van der Waals surface area contributed by atoms with Crippen LogP contribution in [0.25, 0.3) is 27.6 Å². The fraction of sp³-hybridized carbons (Fsp3) is 0.234. The summed E-state index contributed by atoms with van der Waals surface area (Å²) >= 11 is 0. The number of hydrogen-bond acceptors (Lipinski definition) is 4. The van der Waals surface area contributed by atoms with E-state index in [2.05, 4.69) is 152 Å². The van der Waals surface area contributed by atoms with Gasteiger partial charge in [-0.15, -0.1) is 48.1 Å². The molecule has 2 aliphatic rings. The van der Waals surface area contributed by atoms with E-state index in [-0.39, 0.29) is 26.5 Å². The average Bonchev–Trinajstić information content (AvgIpc) is 3.71. The maximum absolute atomic E-state index is 6.57. The molecule has 0 radical (unpaired) electrons. The van der Waals surface area contributed by atoms with E-state index in [9.17, 15) is 0 Å². The monoisotopic (exact) mass is 874 g/mol. The number of aromatic nitrogens is 2. The quantitative estimate of drug-likeness (QED) is 0.156. The van der Waals surface area contributed by atoms with E-state index in [4.69, 9.17) is 9.72 Å². The molecular formula is C47H43N4OPt-3. The van der Waals surface area contributed by atoms with Gasteiger partial charge in [-0.3, -0.25) is 0 Å². The van der Waals surface area contributed by atoms with E-state index < -0.39 is 0 Å². The smallest absolute Gasteiger partial charge is 0.135 e. The molecule has 9 rings (SSSR count). The first-order chi connectivity index (χ1) is 25.3. The van der Waals surface area contributed by atoms with Crippen molar-refractivity contribution in [2.75, 3.05) is 9.80 Å². The van der Waals surface area contributed by atoms with Gasteiger partial charge >= 0.3 is 0 Å². The van der Waals surface area contributed by atoms with Crippen molar-refractivity contribution < 1.29 is 25.8 Å². The third kappa shape index (κ3) is 6.44. The van der Waals surface area contributed by atoms with Crippen LogP contribution in [-0.2, 0) is 26.5 Å². The Morgan fingerprint density at radius 3 is 2.25 bits per heavy atom. The van der Waals surface area contributed by atoms with Gasteiger partial charge in [-0.1, -0.05) is 88.0 Å². The summed E-state index contributed by atoms with van der Waals surface area (Å²) in [5.74, 6) is 2.72. The second kappa shape index (κ2) is 14.2. The van der Waals surface area contributed by atoms with Crippen molar-refractivity contribution in [2.45, 2.75) is 71.1 Å². The van der Waals surface area contributed by atoms with Gasteiger partial charge in [0, 0.05) is 61.3 Å². The zero-order chi connectivity index (χ0) is 35.4. The summed E-state index contributed by atoms with van der Waals surface area (Å²) in [6.07, 6.45) is 8.37. The molecule has 53 heavy (non-hydrogen) atoms. The van der Waals surface area contributed by atoms with Gasteiger partial charge in [-0.2, -0.15) is 12.1 Å². The number of ether oxygens (including phenoxy) is 1. The molecule has 0 unspecified atom stereocenters. The van der Waals surface area contributed by atoms with E-state index in [0.717, 1.165) is 39.0 Å². The van der Waals surface area contributed by atoms with E-state index in [0.29, 0.717) is 17.4 Å². The summed E-state index contributed by atoms with van der Waals surface area (Å²) in [4.78, 5) is 9.43. The summed E-state index contributed by atoms with van der Waals surface area (Å²) in [7, 11) is 0. The third-order valence-corrected chi connectivity index (χ3v) is 10.8. The van der Waals surface area contributed by atoms with Crippen molar-refractivity contribution in [3.63, 3.8) is 0 Å². The predicted molar refractivity (Wildman–Crippen MR) is 213 cm³/mol. The predicted octanol–water partition coefficient (Wildman–Crippen LogP) is 12.6. The molecule has 5 aromatic carbocycles. The van der Waals surface area contributed by atoms with Gasteiger partial charge in [0.05, 0.1) is 0 Å². The van der Waals surface area contributed by atoms with Crippen LogP contribution in [0, 0.1) is 25.7 Å². The van der Waals surface area contributed by atoms with Crippen LogP contribution in [-0.4, -0.2) is 9.55 Å². The molecule has 2 aromatic heterocycles. The van der Waals surface area contributed by atoms with E-state index >= 15 is 0 Å². The molecule has 0 saturated heterocycles. The van der Waals surface area contributed by atoms with Gasteiger partial charge in [0.25, 0.3) is 0 Å². The topological polar surface area (TPSA) is 33.5 Å². The standard InChI is InChI=1S/C47H43N4O.Pt/c1-32-14-12-23-43(46(32)33-15-6-5-7-16-33)50-31-49(41-21-10-11-22-42(41)50)35-17-13-18-36(29-35)52-37-24-25-39-38-19-8-9-20-40(38)51(44(39)30-37)45-28-34(26-27-48-45)47(2,3)4;/h8-14,17-28,31,33H,5-7,15-16H2,1-4H3;/q-3;. The minimum Gasteiger partial charge on any atom is -0.509 e. The third-order valence-electron chi connectivity index (χ3n) is 10.8. The van der Waals surface area contributed by atoms with Crippen LogP contribution >= 0.6 is 0 Å². The molecule has 0 N–H and O–H groups in total. The van der Waals surface area contributed by atoms with Gasteiger partial charge in [-0.25, -0.2) is 4.98 Å². The van der Waals surface area contributed by atoms with Gasteiger partial charge in [0.2, 0.25) is 0 Å². The first-order valence-electron chi connectivity index (χ1n) is 18.6. The molecule has 1 aliphatic heterocycles. The van der Waals surface area contributed by atoms with Gasteiger partial charge < -0.3 is 19.1 Å². The fourth-order valence-corrected chi connectivity index (χ4v) is 8.23. The van der Waals surface area contributed by atoms with Crippen LogP contribution in [0.1, 0.15) is 75.5 Å². The molecule has 7 aromatic rings. The van der Waals surface area contributed by atoms with Crippen molar-refractivity contribution in [1.82, 2.24) is 9.55 Å². The summed E-state index contributed by atoms with van der Waals surface area (Å²) in [6.45, 7) is 11.2. The van der Waals surface area contributed by atoms with Crippen molar-refractivity contribution in [3.8, 4) is 17.3 Å². The number of hydrogen-bond donors (Lipinski definition) is 0. The van der Waals surface area contributed by atoms with Crippen LogP contribution in [0.4, 0.5) is 22.7 Å². The SMILES string of the molecule is Cc1cccc(N2[CH-]N(c3[c-]c(Oc4[c-]c5c(cc4)c4ccccc4n5-c4cc(C(C)(C)C)ccn4)ccc3)c3ccccc32)c1C1CCCCC1.[Pt]. The second-order valence-electron chi connectivity index (χ2n) is 15.3. The van der Waals surface area contributed by atoms with E-state index in [1.165, 1.54) is 60.2 Å². The Kier molecular flexibility index (Phi) is 9.41. The van der Waals surface area contributed by atoms with Crippen LogP contribution in [0.15, 0.2) is 115 Å². The molecule has 270 valence electrons. The minimum absolute atomic E-state index is 0. The molecule has 5 nitrogen and oxygen atoms in total.